The molecular formula is C19H19N5O3. The maximum atomic E-state index is 13.0. The molecule has 0 radical (unpaired) electrons. The van der Waals surface area contributed by atoms with E-state index in [1.54, 1.807) is 36.5 Å². The summed E-state index contributed by atoms with van der Waals surface area (Å²) in [5.41, 5.74) is 9.18. The van der Waals surface area contributed by atoms with Crippen molar-refractivity contribution >= 4 is 11.9 Å². The highest BCUT2D eigenvalue weighted by atomic mass is 16.5. The van der Waals surface area contributed by atoms with Crippen LogP contribution in [0.15, 0.2) is 41.1 Å². The number of ether oxygens (including phenoxy) is 1. The molecule has 0 fully saturated rings. The highest BCUT2D eigenvalue weighted by Gasteiger charge is 2.36. The summed E-state index contributed by atoms with van der Waals surface area (Å²) in [6.07, 6.45) is 3.39. The topological polar surface area (TPSA) is 107 Å². The van der Waals surface area contributed by atoms with Crippen LogP contribution < -0.4 is 5.73 Å². The van der Waals surface area contributed by atoms with E-state index in [2.05, 4.69) is 15.0 Å². The summed E-state index contributed by atoms with van der Waals surface area (Å²) >= 11 is 0. The van der Waals surface area contributed by atoms with Crippen molar-refractivity contribution in [1.82, 2.24) is 19.9 Å². The molecule has 4 heterocycles. The third-order valence-corrected chi connectivity index (χ3v) is 4.62. The smallest absolute Gasteiger partial charge is 0.290 e. The standard InChI is InChI=1S/C19H19N5O3/c1-11-16-14(17(23-19(20)22-16)12-5-7-21-8-6-12)9-24(11)18(25)15-4-3-13(27-15)10-26-2/h3-8,11H,9-10H2,1-2H3,(H2,20,22,23). The quantitative estimate of drug-likeness (QED) is 0.757. The molecule has 0 saturated carbocycles. The highest BCUT2D eigenvalue weighted by molar-refractivity contribution is 5.92. The van der Waals surface area contributed by atoms with Gasteiger partial charge in [0.1, 0.15) is 12.4 Å². The number of hydrogen-bond acceptors (Lipinski definition) is 7. The monoisotopic (exact) mass is 365 g/mol. The van der Waals surface area contributed by atoms with Gasteiger partial charge in [0.05, 0.1) is 24.0 Å². The Kier molecular flexibility index (Phi) is 4.33. The zero-order valence-corrected chi connectivity index (χ0v) is 15.0. The predicted molar refractivity (Wildman–Crippen MR) is 97.4 cm³/mol. The Morgan fingerprint density at radius 2 is 2.07 bits per heavy atom. The first-order chi connectivity index (χ1) is 13.1. The molecule has 138 valence electrons. The first kappa shape index (κ1) is 17.2. The number of rotatable bonds is 4. The second-order valence-corrected chi connectivity index (χ2v) is 6.34. The number of nitrogen functional groups attached to an aromatic ring is 1. The fourth-order valence-corrected chi connectivity index (χ4v) is 3.33. The summed E-state index contributed by atoms with van der Waals surface area (Å²) in [5, 5.41) is 0. The van der Waals surface area contributed by atoms with E-state index in [1.165, 1.54) is 0 Å². The van der Waals surface area contributed by atoms with Crippen molar-refractivity contribution in [3.63, 3.8) is 0 Å². The number of nitrogens with two attached hydrogens (primary N) is 1. The summed E-state index contributed by atoms with van der Waals surface area (Å²) in [7, 11) is 1.58. The number of pyridine rings is 1. The van der Waals surface area contributed by atoms with Gasteiger partial charge in [-0.15, -0.1) is 0 Å². The Balaban J connectivity index is 1.69. The molecule has 27 heavy (non-hydrogen) atoms. The van der Waals surface area contributed by atoms with Gasteiger partial charge in [0.15, 0.2) is 5.76 Å². The van der Waals surface area contributed by atoms with Crippen molar-refractivity contribution in [3.05, 3.63) is 59.4 Å². The molecule has 4 rings (SSSR count). The second-order valence-electron chi connectivity index (χ2n) is 6.34. The van der Waals surface area contributed by atoms with Gasteiger partial charge in [-0.05, 0) is 31.2 Å². The summed E-state index contributed by atoms with van der Waals surface area (Å²) in [5.74, 6) is 0.851. The number of nitrogens with zero attached hydrogens (tertiary/aromatic N) is 4. The largest absolute Gasteiger partial charge is 0.453 e. The number of aromatic nitrogens is 3. The van der Waals surface area contributed by atoms with E-state index >= 15 is 0 Å². The number of carbonyl (C=O) groups excluding carboxylic acids is 1. The van der Waals surface area contributed by atoms with Crippen LogP contribution in [0.2, 0.25) is 0 Å². The van der Waals surface area contributed by atoms with Crippen molar-refractivity contribution in [2.45, 2.75) is 26.1 Å². The third kappa shape index (κ3) is 3.04. The van der Waals surface area contributed by atoms with Gasteiger partial charge in [-0.1, -0.05) is 0 Å². The first-order valence-corrected chi connectivity index (χ1v) is 8.53. The Hall–Kier alpha value is -3.26. The van der Waals surface area contributed by atoms with E-state index in [1.807, 2.05) is 19.1 Å². The summed E-state index contributed by atoms with van der Waals surface area (Å²) in [6, 6.07) is 6.89. The molecule has 1 atom stereocenters. The number of fused-ring (bicyclic) bond motifs is 1. The number of methoxy groups -OCH3 is 1. The van der Waals surface area contributed by atoms with Crippen molar-refractivity contribution in [3.8, 4) is 11.3 Å². The molecule has 1 unspecified atom stereocenters. The molecule has 8 heteroatoms. The Morgan fingerprint density at radius 1 is 1.30 bits per heavy atom. The van der Waals surface area contributed by atoms with Gasteiger partial charge in [-0.3, -0.25) is 9.78 Å². The fraction of sp³-hybridized carbons (Fsp3) is 0.263. The molecule has 2 N–H and O–H groups in total. The lowest BCUT2D eigenvalue weighted by Gasteiger charge is -2.19. The van der Waals surface area contributed by atoms with E-state index in [0.717, 1.165) is 22.5 Å². The molecule has 3 aromatic rings. The molecule has 1 amide bonds. The first-order valence-electron chi connectivity index (χ1n) is 8.53. The Bertz CT molecular complexity index is 986. The third-order valence-electron chi connectivity index (χ3n) is 4.62. The lowest BCUT2D eigenvalue weighted by atomic mass is 10.1. The minimum atomic E-state index is -0.241. The predicted octanol–water partition coefficient (Wildman–Crippen LogP) is 2.58. The molecule has 3 aromatic heterocycles. The molecule has 0 aromatic carbocycles. The minimum Gasteiger partial charge on any atom is -0.453 e. The van der Waals surface area contributed by atoms with Gasteiger partial charge in [0, 0.05) is 30.6 Å². The van der Waals surface area contributed by atoms with Gasteiger partial charge >= 0.3 is 0 Å². The summed E-state index contributed by atoms with van der Waals surface area (Å²) < 4.78 is 10.6. The van der Waals surface area contributed by atoms with Crippen LogP contribution in [0.4, 0.5) is 5.95 Å². The lowest BCUT2D eigenvalue weighted by molar-refractivity contribution is 0.0663. The van der Waals surface area contributed by atoms with Crippen molar-refractivity contribution in [2.75, 3.05) is 12.8 Å². The maximum absolute atomic E-state index is 13.0. The number of carbonyl (C=O) groups is 1. The minimum absolute atomic E-state index is 0.182. The molecule has 0 saturated heterocycles. The Labute approximate surface area is 156 Å². The fourth-order valence-electron chi connectivity index (χ4n) is 3.33. The van der Waals surface area contributed by atoms with Crippen molar-refractivity contribution in [1.29, 1.82) is 0 Å². The van der Waals surface area contributed by atoms with Crippen LogP contribution in [0.1, 0.15) is 40.5 Å². The van der Waals surface area contributed by atoms with E-state index in [-0.39, 0.29) is 23.7 Å². The second kappa shape index (κ2) is 6.81. The van der Waals surface area contributed by atoms with E-state index in [0.29, 0.717) is 18.9 Å². The van der Waals surface area contributed by atoms with E-state index in [4.69, 9.17) is 14.9 Å². The normalized spacial score (nSPS) is 15.8. The van der Waals surface area contributed by atoms with Gasteiger partial charge in [-0.2, -0.15) is 0 Å². The van der Waals surface area contributed by atoms with Gasteiger partial charge in [0.25, 0.3) is 5.91 Å². The van der Waals surface area contributed by atoms with Crippen LogP contribution in [0.25, 0.3) is 11.3 Å². The molecule has 1 aliphatic heterocycles. The van der Waals surface area contributed by atoms with Crippen LogP contribution in [-0.4, -0.2) is 32.9 Å². The van der Waals surface area contributed by atoms with Crippen LogP contribution in [-0.2, 0) is 17.9 Å². The van der Waals surface area contributed by atoms with Gasteiger partial charge in [-0.25, -0.2) is 9.97 Å². The van der Waals surface area contributed by atoms with Crippen molar-refractivity contribution in [2.24, 2.45) is 0 Å². The average molecular weight is 365 g/mol. The zero-order valence-electron chi connectivity index (χ0n) is 15.0. The number of amides is 1. The van der Waals surface area contributed by atoms with Crippen molar-refractivity contribution < 1.29 is 13.9 Å². The number of hydrogen-bond donors (Lipinski definition) is 1. The molecule has 0 aliphatic carbocycles. The number of anilines is 1. The van der Waals surface area contributed by atoms with Gasteiger partial charge in [0.2, 0.25) is 5.95 Å². The average Bonchev–Trinajstić information content (AvgIpc) is 3.27. The van der Waals surface area contributed by atoms with E-state index in [9.17, 15) is 4.79 Å². The zero-order chi connectivity index (χ0) is 19.0. The van der Waals surface area contributed by atoms with Crippen LogP contribution in [0, 0.1) is 0 Å². The molecular weight excluding hydrogens is 346 g/mol. The Morgan fingerprint density at radius 3 is 2.81 bits per heavy atom. The molecule has 0 spiro atoms. The van der Waals surface area contributed by atoms with Gasteiger partial charge < -0.3 is 19.8 Å². The molecule has 1 aliphatic rings. The van der Waals surface area contributed by atoms with Crippen LogP contribution in [0.3, 0.4) is 0 Å². The lowest BCUT2D eigenvalue weighted by Crippen LogP contribution is -2.28. The van der Waals surface area contributed by atoms with Crippen LogP contribution in [0.5, 0.6) is 0 Å². The highest BCUT2D eigenvalue weighted by Crippen LogP contribution is 2.38. The maximum Gasteiger partial charge on any atom is 0.290 e. The summed E-state index contributed by atoms with van der Waals surface area (Å²) in [4.78, 5) is 27.5. The molecule has 0 bridgehead atoms. The number of furan rings is 1. The summed E-state index contributed by atoms with van der Waals surface area (Å²) in [6.45, 7) is 2.62. The van der Waals surface area contributed by atoms with Crippen LogP contribution >= 0.6 is 0 Å². The molecule has 8 nitrogen and oxygen atoms in total. The van der Waals surface area contributed by atoms with E-state index < -0.39 is 0 Å². The SMILES string of the molecule is COCc1ccc(C(=O)N2Cc3c(-c4ccncc4)nc(N)nc3C2C)o1.